The van der Waals surface area contributed by atoms with Gasteiger partial charge in [-0.25, -0.2) is 13.7 Å². The number of rotatable bonds is 5. The van der Waals surface area contributed by atoms with Crippen molar-refractivity contribution in [1.29, 1.82) is 0 Å². The van der Waals surface area contributed by atoms with Crippen molar-refractivity contribution < 1.29 is 27.0 Å². The minimum Gasteiger partial charge on any atom is -0.724 e. The molecular formula is C12H29NO5S. The van der Waals surface area contributed by atoms with Gasteiger partial charge in [-0.3, -0.25) is 0 Å². The van der Waals surface area contributed by atoms with Crippen LogP contribution in [0.5, 0.6) is 0 Å². The summed E-state index contributed by atoms with van der Waals surface area (Å²) in [7, 11) is -4.86. The Balaban J connectivity index is 0. The molecule has 118 valence electrons. The third-order valence-electron chi connectivity index (χ3n) is 3.67. The molecule has 1 N–H and O–H groups in total. The van der Waals surface area contributed by atoms with E-state index in [1.54, 1.807) is 0 Å². The lowest BCUT2D eigenvalue weighted by molar-refractivity contribution is -1.00. The van der Waals surface area contributed by atoms with Crippen molar-refractivity contribution in [2.45, 2.75) is 79.6 Å². The van der Waals surface area contributed by atoms with Crippen LogP contribution in [-0.4, -0.2) is 46.9 Å². The van der Waals surface area contributed by atoms with Crippen LogP contribution in [0.2, 0.25) is 0 Å². The van der Waals surface area contributed by atoms with E-state index in [9.17, 15) is 0 Å². The van der Waals surface area contributed by atoms with Crippen molar-refractivity contribution in [2.75, 3.05) is 0 Å². The Bertz CT molecular complexity index is 299. The first-order valence-corrected chi connectivity index (χ1v) is 7.83. The summed E-state index contributed by atoms with van der Waals surface area (Å²) in [4.78, 5) is 0. The fraction of sp³-hybridized carbons (Fsp3) is 1.00. The fourth-order valence-corrected chi connectivity index (χ4v) is 3.58. The van der Waals surface area contributed by atoms with Crippen molar-refractivity contribution in [3.8, 4) is 0 Å². The molecule has 0 spiro atoms. The average Bonchev–Trinajstić information content (AvgIpc) is 2.15. The molecule has 7 heteroatoms. The van der Waals surface area contributed by atoms with E-state index >= 15 is 0 Å². The van der Waals surface area contributed by atoms with E-state index in [1.807, 2.05) is 0 Å². The number of nitrogens with zero attached hydrogens (tertiary/aromatic N) is 1. The molecule has 0 atom stereocenters. The lowest BCUT2D eigenvalue weighted by Crippen LogP contribution is -2.65. The predicted molar refractivity (Wildman–Crippen MR) is 74.2 cm³/mol. The molecule has 0 heterocycles. The maximum atomic E-state index is 8.97. The summed E-state index contributed by atoms with van der Waals surface area (Å²) in [6, 6.07) is 2.83. The molecule has 0 aliphatic carbocycles. The van der Waals surface area contributed by atoms with Gasteiger partial charge in [-0.15, -0.1) is 4.33 Å². The van der Waals surface area contributed by atoms with Gasteiger partial charge in [-0.05, 0) is 55.4 Å². The molecule has 0 radical (unpaired) electrons. The monoisotopic (exact) mass is 299 g/mol. The molecule has 0 saturated heterocycles. The highest BCUT2D eigenvalue weighted by molar-refractivity contribution is 7.80. The van der Waals surface area contributed by atoms with Gasteiger partial charge in [0.25, 0.3) is 0 Å². The van der Waals surface area contributed by atoms with Gasteiger partial charge in [-0.2, -0.15) is 0 Å². The second-order valence-electron chi connectivity index (χ2n) is 5.75. The van der Waals surface area contributed by atoms with Crippen LogP contribution < -0.4 is 0 Å². The largest absolute Gasteiger partial charge is 0.724 e. The maximum absolute atomic E-state index is 8.97. The van der Waals surface area contributed by atoms with Gasteiger partial charge in [0.1, 0.15) is 0 Å². The molecule has 0 aromatic heterocycles. The van der Waals surface area contributed by atoms with Crippen LogP contribution in [0.3, 0.4) is 0 Å². The molecule has 6 nitrogen and oxygen atoms in total. The smallest absolute Gasteiger partial charge is 0.245 e. The van der Waals surface area contributed by atoms with Gasteiger partial charge in [0.05, 0.1) is 24.2 Å². The topological polar surface area (TPSA) is 86.7 Å². The first-order chi connectivity index (χ1) is 8.33. The van der Waals surface area contributed by atoms with Gasteiger partial charge >= 0.3 is 0 Å². The highest BCUT2D eigenvalue weighted by atomic mass is 32.3. The van der Waals surface area contributed by atoms with Crippen LogP contribution in [-0.2, 0) is 14.7 Å². The second kappa shape index (κ2) is 8.16. The molecule has 0 unspecified atom stereocenters. The van der Waals surface area contributed by atoms with Crippen LogP contribution in [0.4, 0.5) is 0 Å². The maximum Gasteiger partial charge on any atom is 0.245 e. The SMILES string of the molecule is CC(C)[N+](C(C)C)(C(C)C)C(C)C.O=S(=O)([O-])OO. The molecule has 0 aliphatic rings. The third kappa shape index (κ3) is 6.18. The van der Waals surface area contributed by atoms with Gasteiger partial charge in [0, 0.05) is 0 Å². The zero-order chi connectivity index (χ0) is 16.0. The first-order valence-electron chi connectivity index (χ1n) is 6.50. The van der Waals surface area contributed by atoms with Crippen LogP contribution in [0.15, 0.2) is 0 Å². The Labute approximate surface area is 117 Å². The highest BCUT2D eigenvalue weighted by Crippen LogP contribution is 2.28. The van der Waals surface area contributed by atoms with Crippen LogP contribution in [0, 0.1) is 0 Å². The minimum absolute atomic E-state index is 0.708. The predicted octanol–water partition coefficient (Wildman–Crippen LogP) is 2.37. The van der Waals surface area contributed by atoms with Crippen molar-refractivity contribution in [3.63, 3.8) is 0 Å². The van der Waals surface area contributed by atoms with Gasteiger partial charge < -0.3 is 9.04 Å². The summed E-state index contributed by atoms with van der Waals surface area (Å²) < 4.78 is 30.5. The van der Waals surface area contributed by atoms with E-state index in [0.717, 1.165) is 0 Å². The average molecular weight is 299 g/mol. The third-order valence-corrected chi connectivity index (χ3v) is 3.85. The molecule has 0 aliphatic heterocycles. The molecule has 0 rings (SSSR count). The normalized spacial score (nSPS) is 13.2. The lowest BCUT2D eigenvalue weighted by atomic mass is 10.0. The van der Waals surface area contributed by atoms with Crippen molar-refractivity contribution in [3.05, 3.63) is 0 Å². The Kier molecular flexibility index (Phi) is 9.06. The van der Waals surface area contributed by atoms with E-state index in [-0.39, 0.29) is 0 Å². The molecule has 0 saturated carbocycles. The molecular weight excluding hydrogens is 270 g/mol. The zero-order valence-electron chi connectivity index (χ0n) is 13.2. The number of quaternary nitrogens is 1. The molecule has 0 aromatic carbocycles. The van der Waals surface area contributed by atoms with Crippen LogP contribution in [0.1, 0.15) is 55.4 Å². The number of hydrogen-bond donors (Lipinski definition) is 1. The lowest BCUT2D eigenvalue weighted by Gasteiger charge is -2.52. The summed E-state index contributed by atoms with van der Waals surface area (Å²) in [5.74, 6) is 0. The Morgan fingerprint density at radius 1 is 0.842 bits per heavy atom. The van der Waals surface area contributed by atoms with Gasteiger partial charge in [0.15, 0.2) is 0 Å². The van der Waals surface area contributed by atoms with E-state index < -0.39 is 10.4 Å². The second-order valence-corrected chi connectivity index (χ2v) is 6.72. The first kappa shape index (κ1) is 21.1. The summed E-state index contributed by atoms with van der Waals surface area (Å²) in [5, 5.41) is 7.00. The highest BCUT2D eigenvalue weighted by Gasteiger charge is 2.40. The van der Waals surface area contributed by atoms with Crippen LogP contribution >= 0.6 is 0 Å². The van der Waals surface area contributed by atoms with E-state index in [1.165, 1.54) is 4.48 Å². The quantitative estimate of drug-likeness (QED) is 0.277. The molecule has 0 fully saturated rings. The standard InChI is InChI=1S/C12H28N.H2O5S/c1-9(2)13(10(3)4,11(5)6)12(7)8;1-5-6(2,3)4/h9-12H,1-8H3;1H,(H,2,3,4)/q+1;/p-1. The van der Waals surface area contributed by atoms with Gasteiger partial charge in [0.2, 0.25) is 10.4 Å². The zero-order valence-corrected chi connectivity index (χ0v) is 14.1. The van der Waals surface area contributed by atoms with Crippen molar-refractivity contribution in [1.82, 2.24) is 0 Å². The Morgan fingerprint density at radius 3 is 1.00 bits per heavy atom. The number of hydrogen-bond acceptors (Lipinski definition) is 5. The van der Waals surface area contributed by atoms with E-state index in [0.29, 0.717) is 24.2 Å². The Morgan fingerprint density at radius 2 is 1.00 bits per heavy atom. The summed E-state index contributed by atoms with van der Waals surface area (Å²) >= 11 is 0. The molecule has 19 heavy (non-hydrogen) atoms. The van der Waals surface area contributed by atoms with Gasteiger partial charge in [-0.1, -0.05) is 0 Å². The minimum atomic E-state index is -4.86. The molecule has 0 amide bonds. The van der Waals surface area contributed by atoms with E-state index in [4.69, 9.17) is 18.2 Å². The summed E-state index contributed by atoms with van der Waals surface area (Å²) in [6.45, 7) is 18.8. The van der Waals surface area contributed by atoms with Crippen molar-refractivity contribution in [2.24, 2.45) is 0 Å². The van der Waals surface area contributed by atoms with Crippen LogP contribution in [0.25, 0.3) is 0 Å². The Hall–Kier alpha value is -0.210. The summed E-state index contributed by atoms with van der Waals surface area (Å²) in [5.41, 5.74) is 0. The molecule has 0 aromatic rings. The van der Waals surface area contributed by atoms with E-state index in [2.05, 4.69) is 59.7 Å². The summed E-state index contributed by atoms with van der Waals surface area (Å²) in [6.07, 6.45) is 0. The van der Waals surface area contributed by atoms with Crippen molar-refractivity contribution >= 4 is 10.4 Å². The molecule has 0 bridgehead atoms. The fourth-order valence-electron chi connectivity index (χ4n) is 3.58.